The van der Waals surface area contributed by atoms with Gasteiger partial charge in [0.15, 0.2) is 6.10 Å². The van der Waals surface area contributed by atoms with Crippen LogP contribution in [0.15, 0.2) is 42.5 Å². The Hall–Kier alpha value is -1.87. The van der Waals surface area contributed by atoms with Gasteiger partial charge in [0.1, 0.15) is 0 Å². The minimum atomic E-state index is -0.677. The molecule has 0 radical (unpaired) electrons. The van der Waals surface area contributed by atoms with Gasteiger partial charge in [-0.2, -0.15) is 0 Å². The average molecular weight is 383 g/mol. The normalized spacial score (nSPS) is 23.9. The standard InChI is InChI=1S/C25H34O3/c1-16(2)22-13-10-18(5)14-23(22)28-24(25(26)27-17(3)4)21-12-11-19-8-6-7-9-20(19)15-21/h6-9,11-12,15-18,22-24H,10,13-14H2,1-5H3/t18-,22+,23-,24-/m1/s1. The second-order valence-electron chi connectivity index (χ2n) is 8.97. The number of hydrogen-bond donors (Lipinski definition) is 0. The maximum Gasteiger partial charge on any atom is 0.340 e. The van der Waals surface area contributed by atoms with Crippen molar-refractivity contribution in [2.24, 2.45) is 17.8 Å². The summed E-state index contributed by atoms with van der Waals surface area (Å²) in [5.74, 6) is 1.35. The van der Waals surface area contributed by atoms with E-state index >= 15 is 0 Å². The first-order chi connectivity index (χ1) is 13.3. The lowest BCUT2D eigenvalue weighted by molar-refractivity contribution is -0.171. The molecule has 28 heavy (non-hydrogen) atoms. The number of ether oxygens (including phenoxy) is 2. The van der Waals surface area contributed by atoms with Gasteiger partial charge in [-0.3, -0.25) is 0 Å². The van der Waals surface area contributed by atoms with Crippen molar-refractivity contribution in [1.82, 2.24) is 0 Å². The minimum Gasteiger partial charge on any atom is -0.461 e. The molecule has 0 bridgehead atoms. The second kappa shape index (κ2) is 9.09. The highest BCUT2D eigenvalue weighted by molar-refractivity contribution is 5.85. The van der Waals surface area contributed by atoms with Crippen LogP contribution in [-0.4, -0.2) is 18.2 Å². The maximum atomic E-state index is 13.0. The van der Waals surface area contributed by atoms with E-state index in [1.54, 1.807) is 0 Å². The first-order valence-electron chi connectivity index (χ1n) is 10.7. The van der Waals surface area contributed by atoms with E-state index < -0.39 is 6.10 Å². The summed E-state index contributed by atoms with van der Waals surface area (Å²) in [6.45, 7) is 10.6. The van der Waals surface area contributed by atoms with Gasteiger partial charge in [-0.05, 0) is 66.8 Å². The molecule has 0 aromatic heterocycles. The van der Waals surface area contributed by atoms with E-state index in [9.17, 15) is 4.79 Å². The summed E-state index contributed by atoms with van der Waals surface area (Å²) >= 11 is 0. The molecule has 1 fully saturated rings. The topological polar surface area (TPSA) is 35.5 Å². The van der Waals surface area contributed by atoms with E-state index in [2.05, 4.69) is 45.0 Å². The third-order valence-corrected chi connectivity index (χ3v) is 5.91. The molecule has 3 rings (SSSR count). The Morgan fingerprint density at radius 3 is 2.39 bits per heavy atom. The molecule has 1 aliphatic rings. The van der Waals surface area contributed by atoms with Gasteiger partial charge in [0.25, 0.3) is 0 Å². The third kappa shape index (κ3) is 4.94. The predicted octanol–water partition coefficient (Wildman–Crippen LogP) is 6.31. The lowest BCUT2D eigenvalue weighted by Crippen LogP contribution is -2.37. The van der Waals surface area contributed by atoms with Crippen LogP contribution in [0.4, 0.5) is 0 Å². The van der Waals surface area contributed by atoms with Gasteiger partial charge in [0.2, 0.25) is 0 Å². The molecule has 1 saturated carbocycles. The van der Waals surface area contributed by atoms with Crippen LogP contribution in [-0.2, 0) is 14.3 Å². The highest BCUT2D eigenvalue weighted by Gasteiger charge is 2.36. The predicted molar refractivity (Wildman–Crippen MR) is 114 cm³/mol. The Bertz CT molecular complexity index is 795. The summed E-state index contributed by atoms with van der Waals surface area (Å²) in [5.41, 5.74) is 0.880. The van der Waals surface area contributed by atoms with E-state index in [4.69, 9.17) is 9.47 Å². The molecular weight excluding hydrogens is 348 g/mol. The fourth-order valence-electron chi connectivity index (χ4n) is 4.38. The van der Waals surface area contributed by atoms with Gasteiger partial charge in [-0.15, -0.1) is 0 Å². The van der Waals surface area contributed by atoms with Crippen LogP contribution in [0.2, 0.25) is 0 Å². The number of carbonyl (C=O) groups is 1. The zero-order valence-corrected chi connectivity index (χ0v) is 17.9. The summed E-state index contributed by atoms with van der Waals surface area (Å²) in [6, 6.07) is 14.3. The van der Waals surface area contributed by atoms with E-state index in [1.807, 2.05) is 32.0 Å². The summed E-state index contributed by atoms with van der Waals surface area (Å²) < 4.78 is 12.1. The van der Waals surface area contributed by atoms with Crippen molar-refractivity contribution in [2.45, 2.75) is 72.2 Å². The van der Waals surface area contributed by atoms with E-state index in [-0.39, 0.29) is 18.2 Å². The highest BCUT2D eigenvalue weighted by atomic mass is 16.6. The fraction of sp³-hybridized carbons (Fsp3) is 0.560. The molecule has 0 amide bonds. The van der Waals surface area contributed by atoms with Crippen LogP contribution in [0.1, 0.15) is 65.5 Å². The zero-order valence-electron chi connectivity index (χ0n) is 17.9. The molecule has 0 saturated heterocycles. The van der Waals surface area contributed by atoms with Crippen molar-refractivity contribution >= 4 is 16.7 Å². The molecule has 4 atom stereocenters. The Morgan fingerprint density at radius 2 is 1.71 bits per heavy atom. The van der Waals surface area contributed by atoms with Gasteiger partial charge >= 0.3 is 5.97 Å². The van der Waals surface area contributed by atoms with Crippen LogP contribution in [0, 0.1) is 17.8 Å². The van der Waals surface area contributed by atoms with E-state index in [0.717, 1.165) is 29.2 Å². The number of rotatable bonds is 6. The van der Waals surface area contributed by atoms with Crippen molar-refractivity contribution in [1.29, 1.82) is 0 Å². The Morgan fingerprint density at radius 1 is 1.00 bits per heavy atom. The van der Waals surface area contributed by atoms with E-state index in [0.29, 0.717) is 17.8 Å². The molecule has 0 heterocycles. The summed E-state index contributed by atoms with van der Waals surface area (Å²) in [7, 11) is 0. The van der Waals surface area contributed by atoms with Gasteiger partial charge in [-0.1, -0.05) is 63.6 Å². The Labute approximate surface area is 169 Å². The van der Waals surface area contributed by atoms with Crippen LogP contribution in [0.25, 0.3) is 10.8 Å². The average Bonchev–Trinajstić information content (AvgIpc) is 2.65. The number of hydrogen-bond acceptors (Lipinski definition) is 3. The molecule has 0 N–H and O–H groups in total. The number of carbonyl (C=O) groups excluding carboxylic acids is 1. The number of benzene rings is 2. The molecule has 0 unspecified atom stereocenters. The van der Waals surface area contributed by atoms with Gasteiger partial charge in [0.05, 0.1) is 12.2 Å². The van der Waals surface area contributed by atoms with Crippen LogP contribution < -0.4 is 0 Å². The van der Waals surface area contributed by atoms with E-state index in [1.165, 1.54) is 6.42 Å². The summed E-state index contributed by atoms with van der Waals surface area (Å²) in [6.07, 6.45) is 2.64. The molecular formula is C25H34O3. The first-order valence-corrected chi connectivity index (χ1v) is 10.7. The molecule has 152 valence electrons. The van der Waals surface area contributed by atoms with Crippen molar-refractivity contribution in [3.05, 3.63) is 48.0 Å². The molecule has 0 aliphatic heterocycles. The fourth-order valence-corrected chi connectivity index (χ4v) is 4.38. The summed E-state index contributed by atoms with van der Waals surface area (Å²) in [4.78, 5) is 13.0. The highest BCUT2D eigenvalue weighted by Crippen LogP contribution is 2.38. The van der Waals surface area contributed by atoms with Gasteiger partial charge < -0.3 is 9.47 Å². The molecule has 3 nitrogen and oxygen atoms in total. The van der Waals surface area contributed by atoms with Gasteiger partial charge in [-0.25, -0.2) is 4.79 Å². The van der Waals surface area contributed by atoms with Crippen molar-refractivity contribution < 1.29 is 14.3 Å². The van der Waals surface area contributed by atoms with Crippen LogP contribution in [0.5, 0.6) is 0 Å². The van der Waals surface area contributed by atoms with Crippen LogP contribution in [0.3, 0.4) is 0 Å². The molecule has 3 heteroatoms. The SMILES string of the molecule is CC(C)OC(=O)[C@H](O[C@@H]1C[C@H](C)CC[C@H]1C(C)C)c1ccc2ccccc2c1. The zero-order chi connectivity index (χ0) is 20.3. The first kappa shape index (κ1) is 20.9. The maximum absolute atomic E-state index is 13.0. The quantitative estimate of drug-likeness (QED) is 0.549. The third-order valence-electron chi connectivity index (χ3n) is 5.91. The smallest absolute Gasteiger partial charge is 0.340 e. The summed E-state index contributed by atoms with van der Waals surface area (Å²) in [5, 5.41) is 2.27. The van der Waals surface area contributed by atoms with Crippen molar-refractivity contribution in [2.75, 3.05) is 0 Å². The number of esters is 1. The lowest BCUT2D eigenvalue weighted by Gasteiger charge is -2.38. The Kier molecular flexibility index (Phi) is 6.77. The molecule has 2 aromatic rings. The van der Waals surface area contributed by atoms with Crippen molar-refractivity contribution in [3.63, 3.8) is 0 Å². The molecule has 2 aromatic carbocycles. The second-order valence-corrected chi connectivity index (χ2v) is 8.97. The lowest BCUT2D eigenvalue weighted by atomic mass is 9.75. The molecule has 1 aliphatic carbocycles. The van der Waals surface area contributed by atoms with Crippen LogP contribution >= 0.6 is 0 Å². The monoisotopic (exact) mass is 382 g/mol. The Balaban J connectivity index is 1.92. The molecule has 0 spiro atoms. The van der Waals surface area contributed by atoms with Gasteiger partial charge in [0, 0.05) is 0 Å². The largest absolute Gasteiger partial charge is 0.461 e. The number of fused-ring (bicyclic) bond motifs is 1. The van der Waals surface area contributed by atoms with Crippen molar-refractivity contribution in [3.8, 4) is 0 Å². The minimum absolute atomic E-state index is 0.0833.